The second-order valence-corrected chi connectivity index (χ2v) is 10.7. The van der Waals surface area contributed by atoms with Crippen molar-refractivity contribution in [2.24, 2.45) is 0 Å². The number of aliphatic hydroxyl groups excluding tert-OH is 1. The van der Waals surface area contributed by atoms with Crippen LogP contribution in [-0.4, -0.2) is 98.5 Å². The molecule has 1 fully saturated rings. The van der Waals surface area contributed by atoms with Crippen molar-refractivity contribution in [3.63, 3.8) is 0 Å². The van der Waals surface area contributed by atoms with Gasteiger partial charge in [0.1, 0.15) is 11.7 Å². The minimum Gasteiger partial charge on any atom is -0.392 e. The molecule has 1 atom stereocenters. The van der Waals surface area contributed by atoms with Gasteiger partial charge in [0.05, 0.1) is 54.4 Å². The lowest BCUT2D eigenvalue weighted by Gasteiger charge is -2.36. The number of halogens is 1. The zero-order chi connectivity index (χ0) is 30.6. The summed E-state index contributed by atoms with van der Waals surface area (Å²) >= 11 is 0. The number of aromatic nitrogens is 5. The number of piperazine rings is 1. The number of hydrogen-bond donors (Lipinski definition) is 4. The van der Waals surface area contributed by atoms with E-state index in [-0.39, 0.29) is 30.8 Å². The van der Waals surface area contributed by atoms with Crippen molar-refractivity contribution in [3.05, 3.63) is 78.6 Å². The number of hydrogen-bond acceptors (Lipinski definition) is 9. The largest absolute Gasteiger partial charge is 0.392 e. The van der Waals surface area contributed by atoms with E-state index < -0.39 is 11.9 Å². The van der Waals surface area contributed by atoms with Gasteiger partial charge in [-0.2, -0.15) is 5.10 Å². The Bertz CT molecular complexity index is 1760. The number of aliphatic hydroxyl groups is 1. The van der Waals surface area contributed by atoms with E-state index in [1.165, 1.54) is 0 Å². The maximum absolute atomic E-state index is 15.1. The third kappa shape index (κ3) is 6.17. The van der Waals surface area contributed by atoms with E-state index in [9.17, 15) is 9.90 Å². The van der Waals surface area contributed by atoms with Gasteiger partial charge in [0.15, 0.2) is 5.82 Å². The molecule has 228 valence electrons. The molecule has 1 saturated heterocycles. The molecule has 2 aromatic carbocycles. The number of methoxy groups -OCH3 is 1. The first kappa shape index (κ1) is 29.4. The fourth-order valence-electron chi connectivity index (χ4n) is 5.38. The van der Waals surface area contributed by atoms with Crippen LogP contribution in [0, 0.1) is 5.82 Å². The van der Waals surface area contributed by atoms with Crippen LogP contribution in [0.15, 0.2) is 67.3 Å². The maximum atomic E-state index is 15.1. The van der Waals surface area contributed by atoms with Crippen LogP contribution in [0.5, 0.6) is 0 Å². The van der Waals surface area contributed by atoms with Crippen LogP contribution in [0.3, 0.4) is 0 Å². The molecule has 3 aromatic heterocycles. The molecule has 4 heterocycles. The average Bonchev–Trinajstić information content (AvgIpc) is 3.69. The standard InChI is InChI=1S/C31H34FN9O3/c1-39-9-11-40(12-10-39)27(19-44-2)30(43)37-26-8-4-7-23-24(15-33-29(23)26)28-25(32)16-34-31(38-28)36-21-14-35-41(17-21)22-6-3-5-20(13-22)18-42/h3-8,13-17,27,33,42H,9-12,18-19H2,1-2H3,(H,37,43)(H,34,36,38)/t27-/m1/s1. The Kier molecular flexibility index (Phi) is 8.61. The number of para-hydroxylation sites is 1. The van der Waals surface area contributed by atoms with Crippen molar-refractivity contribution >= 4 is 34.1 Å². The lowest BCUT2D eigenvalue weighted by molar-refractivity contribution is -0.124. The quantitative estimate of drug-likeness (QED) is 0.190. The topological polar surface area (TPSA) is 136 Å². The van der Waals surface area contributed by atoms with Gasteiger partial charge in [0.2, 0.25) is 11.9 Å². The Morgan fingerprint density at radius 1 is 1.16 bits per heavy atom. The minimum absolute atomic E-state index is 0.0704. The molecule has 4 N–H and O–H groups in total. The summed E-state index contributed by atoms with van der Waals surface area (Å²) in [7, 11) is 3.66. The van der Waals surface area contributed by atoms with Crippen molar-refractivity contribution in [1.29, 1.82) is 0 Å². The molecule has 0 aliphatic carbocycles. The van der Waals surface area contributed by atoms with Crippen LogP contribution in [-0.2, 0) is 16.1 Å². The number of H-pyrrole nitrogens is 1. The molecular formula is C31H34FN9O3. The number of rotatable bonds is 10. The highest BCUT2D eigenvalue weighted by atomic mass is 19.1. The molecule has 0 unspecified atom stereocenters. The average molecular weight is 600 g/mol. The molecule has 0 radical (unpaired) electrons. The monoisotopic (exact) mass is 599 g/mol. The SMILES string of the molecule is COC[C@H](C(=O)Nc1cccc2c(-c3nc(Nc4cnn(-c5cccc(CO)c5)c4)ncc3F)c[nH]c12)N1CCN(C)CC1. The number of nitrogens with zero attached hydrogens (tertiary/aromatic N) is 6. The van der Waals surface area contributed by atoms with E-state index in [4.69, 9.17) is 4.74 Å². The van der Waals surface area contributed by atoms with Crippen molar-refractivity contribution in [3.8, 4) is 16.9 Å². The first-order chi connectivity index (χ1) is 21.4. The van der Waals surface area contributed by atoms with Crippen LogP contribution in [0.1, 0.15) is 5.56 Å². The van der Waals surface area contributed by atoms with E-state index in [1.54, 1.807) is 30.4 Å². The molecular weight excluding hydrogens is 565 g/mol. The highest BCUT2D eigenvalue weighted by molar-refractivity contribution is 6.06. The number of carbonyl (C=O) groups excluding carboxylic acids is 1. The van der Waals surface area contributed by atoms with E-state index in [2.05, 4.69) is 47.5 Å². The molecule has 0 bridgehead atoms. The van der Waals surface area contributed by atoms with Gasteiger partial charge in [-0.1, -0.05) is 24.3 Å². The van der Waals surface area contributed by atoms with Crippen LogP contribution in [0.25, 0.3) is 27.8 Å². The molecule has 0 saturated carbocycles. The smallest absolute Gasteiger partial charge is 0.244 e. The molecule has 5 aromatic rings. The maximum Gasteiger partial charge on any atom is 0.244 e. The minimum atomic E-state index is -0.586. The number of benzene rings is 2. The first-order valence-corrected chi connectivity index (χ1v) is 14.3. The number of ether oxygens (including phenoxy) is 1. The second kappa shape index (κ2) is 12.9. The molecule has 13 heteroatoms. The van der Waals surface area contributed by atoms with Gasteiger partial charge in [-0.05, 0) is 30.8 Å². The molecule has 1 amide bonds. The summed E-state index contributed by atoms with van der Waals surface area (Å²) in [5.41, 5.74) is 4.03. The van der Waals surface area contributed by atoms with Gasteiger partial charge in [-0.25, -0.2) is 19.0 Å². The summed E-state index contributed by atoms with van der Waals surface area (Å²) in [5, 5.41) is 20.7. The molecule has 44 heavy (non-hydrogen) atoms. The Balaban J connectivity index is 1.23. The van der Waals surface area contributed by atoms with Crippen molar-refractivity contribution in [2.45, 2.75) is 12.6 Å². The number of amides is 1. The summed E-state index contributed by atoms with van der Waals surface area (Å²) < 4.78 is 22.2. The van der Waals surface area contributed by atoms with Crippen LogP contribution >= 0.6 is 0 Å². The fourth-order valence-corrected chi connectivity index (χ4v) is 5.38. The van der Waals surface area contributed by atoms with Crippen LogP contribution in [0.4, 0.5) is 21.7 Å². The summed E-state index contributed by atoms with van der Waals surface area (Å²) in [5.74, 6) is -0.556. The molecule has 1 aliphatic heterocycles. The van der Waals surface area contributed by atoms with E-state index >= 15 is 4.39 Å². The Morgan fingerprint density at radius 3 is 2.77 bits per heavy atom. The lowest BCUT2D eigenvalue weighted by atomic mass is 10.1. The van der Waals surface area contributed by atoms with Crippen LogP contribution in [0.2, 0.25) is 0 Å². The Hall–Kier alpha value is -4.69. The van der Waals surface area contributed by atoms with Gasteiger partial charge < -0.3 is 30.4 Å². The van der Waals surface area contributed by atoms with Gasteiger partial charge in [0, 0.05) is 50.4 Å². The van der Waals surface area contributed by atoms with Gasteiger partial charge in [-0.3, -0.25) is 9.69 Å². The van der Waals surface area contributed by atoms with Gasteiger partial charge >= 0.3 is 0 Å². The van der Waals surface area contributed by atoms with Crippen molar-refractivity contribution in [1.82, 2.24) is 34.5 Å². The lowest BCUT2D eigenvalue weighted by Crippen LogP contribution is -2.54. The van der Waals surface area contributed by atoms with E-state index in [0.717, 1.165) is 43.6 Å². The Labute approximate surface area is 253 Å². The molecule has 12 nitrogen and oxygen atoms in total. The van der Waals surface area contributed by atoms with Crippen molar-refractivity contribution < 1.29 is 19.0 Å². The summed E-state index contributed by atoms with van der Waals surface area (Å²) in [6.45, 7) is 3.51. The highest BCUT2D eigenvalue weighted by Crippen LogP contribution is 2.33. The molecule has 0 spiro atoms. The van der Waals surface area contributed by atoms with E-state index in [1.807, 2.05) is 42.5 Å². The van der Waals surface area contributed by atoms with Crippen LogP contribution < -0.4 is 10.6 Å². The normalized spacial score (nSPS) is 15.0. The van der Waals surface area contributed by atoms with Crippen molar-refractivity contribution in [2.75, 3.05) is 57.6 Å². The van der Waals surface area contributed by atoms with Gasteiger partial charge in [0.25, 0.3) is 0 Å². The predicted octanol–water partition coefficient (Wildman–Crippen LogP) is 3.39. The number of anilines is 3. The van der Waals surface area contributed by atoms with E-state index in [0.29, 0.717) is 27.8 Å². The zero-order valence-electron chi connectivity index (χ0n) is 24.5. The second-order valence-electron chi connectivity index (χ2n) is 10.7. The first-order valence-electron chi connectivity index (χ1n) is 14.3. The highest BCUT2D eigenvalue weighted by Gasteiger charge is 2.29. The number of likely N-dealkylation sites (N-methyl/N-ethyl adjacent to an activating group) is 1. The number of aromatic amines is 1. The zero-order valence-corrected chi connectivity index (χ0v) is 24.5. The summed E-state index contributed by atoms with van der Waals surface area (Å²) in [4.78, 5) is 29.6. The predicted molar refractivity (Wildman–Crippen MR) is 165 cm³/mol. The number of nitrogens with one attached hydrogen (secondary N) is 3. The Morgan fingerprint density at radius 2 is 1.98 bits per heavy atom. The number of fused-ring (bicyclic) bond motifs is 1. The summed E-state index contributed by atoms with van der Waals surface area (Å²) in [6.07, 6.45) is 6.16. The third-order valence-electron chi connectivity index (χ3n) is 7.77. The molecule has 1 aliphatic rings. The summed E-state index contributed by atoms with van der Waals surface area (Å²) in [6, 6.07) is 12.4. The molecule has 6 rings (SSSR count). The fraction of sp³-hybridized carbons (Fsp3) is 0.290. The third-order valence-corrected chi connectivity index (χ3v) is 7.77. The number of carbonyl (C=O) groups is 1. The van der Waals surface area contributed by atoms with Gasteiger partial charge in [-0.15, -0.1) is 0 Å².